The van der Waals surface area contributed by atoms with E-state index in [4.69, 9.17) is 0 Å². The van der Waals surface area contributed by atoms with Crippen LogP contribution in [-0.2, 0) is 14.8 Å². The first-order valence-electron chi connectivity index (χ1n) is 4.55. The third-order valence-corrected chi connectivity index (χ3v) is 2.99. The second kappa shape index (κ2) is 4.89. The molecule has 85 valence electrons. The summed E-state index contributed by atoms with van der Waals surface area (Å²) in [6.45, 7) is 1.35. The molecule has 6 heteroatoms. The number of hydrogen-bond donors (Lipinski definition) is 0. The molecule has 1 aromatic carbocycles. The lowest BCUT2D eigenvalue weighted by Gasteiger charge is -2.00. The van der Waals surface area contributed by atoms with Crippen LogP contribution in [0.25, 0.3) is 0 Å². The Labute approximate surface area is 93.5 Å². The number of benzene rings is 1. The van der Waals surface area contributed by atoms with Crippen LogP contribution in [0.5, 0.6) is 0 Å². The third-order valence-electron chi connectivity index (χ3n) is 1.82. The van der Waals surface area contributed by atoms with Crippen LogP contribution in [0.4, 0.5) is 0 Å². The Bertz CT molecular complexity index is 493. The monoisotopic (exact) mass is 240 g/mol. The van der Waals surface area contributed by atoms with Gasteiger partial charge in [-0.3, -0.25) is 9.59 Å². The van der Waals surface area contributed by atoms with E-state index in [0.717, 1.165) is 0 Å². The van der Waals surface area contributed by atoms with E-state index in [-0.39, 0.29) is 11.3 Å². The van der Waals surface area contributed by atoms with Crippen LogP contribution >= 0.6 is 0 Å². The summed E-state index contributed by atoms with van der Waals surface area (Å²) >= 11 is 0. The normalized spacial score (nSPS) is 10.8. The molecule has 16 heavy (non-hydrogen) atoms. The molecule has 1 radical (unpaired) electrons. The molecule has 1 rings (SSSR count). The van der Waals surface area contributed by atoms with Crippen molar-refractivity contribution in [2.24, 2.45) is 0 Å². The van der Waals surface area contributed by atoms with Crippen LogP contribution in [0.1, 0.15) is 17.3 Å². The molecule has 0 fully saturated rings. The second-order valence-corrected chi connectivity index (χ2v) is 4.89. The highest BCUT2D eigenvalue weighted by Gasteiger charge is 2.23. The van der Waals surface area contributed by atoms with Crippen molar-refractivity contribution in [1.82, 2.24) is 4.72 Å². The topological polar surface area (TPSA) is 82.4 Å². The Morgan fingerprint density at radius 1 is 1.19 bits per heavy atom. The Hall–Kier alpha value is -1.69. The zero-order valence-corrected chi connectivity index (χ0v) is 9.40. The van der Waals surface area contributed by atoms with Crippen molar-refractivity contribution in [2.45, 2.75) is 6.92 Å². The molecule has 1 amide bonds. The summed E-state index contributed by atoms with van der Waals surface area (Å²) in [6.07, 6.45) is 0. The van der Waals surface area contributed by atoms with Gasteiger partial charge < -0.3 is 0 Å². The molecule has 0 bridgehead atoms. The first-order chi connectivity index (χ1) is 7.46. The Morgan fingerprint density at radius 3 is 2.25 bits per heavy atom. The van der Waals surface area contributed by atoms with Gasteiger partial charge in [-0.2, -0.15) is 0 Å². The molecule has 0 spiro atoms. The fraction of sp³-hybridized carbons (Fsp3) is 0.200. The van der Waals surface area contributed by atoms with Gasteiger partial charge in [-0.25, -0.2) is 8.42 Å². The molecule has 0 aliphatic rings. The highest BCUT2D eigenvalue weighted by molar-refractivity contribution is 7.89. The summed E-state index contributed by atoms with van der Waals surface area (Å²) in [5.74, 6) is -2.48. The maximum absolute atomic E-state index is 11.4. The Morgan fingerprint density at radius 2 is 1.75 bits per heavy atom. The van der Waals surface area contributed by atoms with E-state index < -0.39 is 21.7 Å². The predicted molar refractivity (Wildman–Crippen MR) is 57.4 cm³/mol. The van der Waals surface area contributed by atoms with Crippen LogP contribution in [0.3, 0.4) is 0 Å². The minimum Gasteiger partial charge on any atom is -0.283 e. The molecule has 0 saturated carbocycles. The van der Waals surface area contributed by atoms with Crippen molar-refractivity contribution >= 4 is 21.7 Å². The van der Waals surface area contributed by atoms with E-state index in [9.17, 15) is 18.0 Å². The van der Waals surface area contributed by atoms with Gasteiger partial charge in [-0.1, -0.05) is 30.3 Å². The minimum atomic E-state index is -3.82. The van der Waals surface area contributed by atoms with E-state index in [1.165, 1.54) is 19.1 Å². The number of Topliss-reactive ketones (excluding diaryl/α,β-unsaturated/α-hetero) is 1. The van der Waals surface area contributed by atoms with Crippen molar-refractivity contribution in [3.05, 3.63) is 35.9 Å². The zero-order chi connectivity index (χ0) is 12.2. The van der Waals surface area contributed by atoms with E-state index in [0.29, 0.717) is 0 Å². The smallest absolute Gasteiger partial charge is 0.283 e. The van der Waals surface area contributed by atoms with Crippen molar-refractivity contribution in [1.29, 1.82) is 0 Å². The Balaban J connectivity index is 2.81. The molecule has 0 aliphatic carbocycles. The van der Waals surface area contributed by atoms with Crippen molar-refractivity contribution < 1.29 is 18.0 Å². The van der Waals surface area contributed by atoms with Crippen LogP contribution in [0, 0.1) is 0 Å². The fourth-order valence-corrected chi connectivity index (χ4v) is 1.41. The van der Waals surface area contributed by atoms with Crippen molar-refractivity contribution in [2.75, 3.05) is 5.75 Å². The minimum absolute atomic E-state index is 0.127. The predicted octanol–water partition coefficient (Wildman–Crippen LogP) is 0.350. The van der Waals surface area contributed by atoms with Gasteiger partial charge in [-0.05, 0) is 6.92 Å². The molecule has 0 atom stereocenters. The molecular formula is C10H10NO4S. The lowest BCUT2D eigenvalue weighted by molar-refractivity contribution is -0.115. The number of amides is 1. The number of rotatable bonds is 4. The lowest BCUT2D eigenvalue weighted by Crippen LogP contribution is -2.30. The van der Waals surface area contributed by atoms with E-state index in [2.05, 4.69) is 4.72 Å². The highest BCUT2D eigenvalue weighted by Crippen LogP contribution is 2.01. The van der Waals surface area contributed by atoms with E-state index >= 15 is 0 Å². The van der Waals surface area contributed by atoms with E-state index in [1.807, 2.05) is 0 Å². The molecular weight excluding hydrogens is 230 g/mol. The van der Waals surface area contributed by atoms with Gasteiger partial charge in [-0.15, -0.1) is 4.72 Å². The van der Waals surface area contributed by atoms with Crippen LogP contribution in [-0.4, -0.2) is 25.9 Å². The number of carbonyl (C=O) groups is 2. The first-order valence-corrected chi connectivity index (χ1v) is 6.16. The number of sulfonamides is 1. The van der Waals surface area contributed by atoms with Gasteiger partial charge in [0.15, 0.2) is 0 Å². The van der Waals surface area contributed by atoms with Gasteiger partial charge in [0.2, 0.25) is 0 Å². The third kappa shape index (κ3) is 3.16. The summed E-state index contributed by atoms with van der Waals surface area (Å²) in [4.78, 5) is 22.7. The van der Waals surface area contributed by atoms with Crippen molar-refractivity contribution in [3.8, 4) is 0 Å². The number of hydrogen-bond acceptors (Lipinski definition) is 4. The maximum Gasteiger partial charge on any atom is 0.328 e. The van der Waals surface area contributed by atoms with Gasteiger partial charge in [0.05, 0.1) is 5.75 Å². The molecule has 1 aromatic rings. The van der Waals surface area contributed by atoms with Gasteiger partial charge in [0.1, 0.15) is 0 Å². The zero-order valence-electron chi connectivity index (χ0n) is 8.58. The molecule has 0 aliphatic heterocycles. The van der Waals surface area contributed by atoms with Crippen LogP contribution in [0.15, 0.2) is 30.3 Å². The van der Waals surface area contributed by atoms with Gasteiger partial charge >= 0.3 is 5.91 Å². The summed E-state index contributed by atoms with van der Waals surface area (Å²) in [5, 5.41) is 0. The molecule has 0 unspecified atom stereocenters. The summed E-state index contributed by atoms with van der Waals surface area (Å²) in [7, 11) is -3.82. The largest absolute Gasteiger partial charge is 0.328 e. The molecule has 5 nitrogen and oxygen atoms in total. The summed E-state index contributed by atoms with van der Waals surface area (Å²) in [5.41, 5.74) is 0.127. The average Bonchev–Trinajstić information content (AvgIpc) is 2.28. The number of nitrogens with zero attached hydrogens (tertiary/aromatic N) is 1. The molecule has 0 heterocycles. The standard InChI is InChI=1S/C10H10NO4S/c1-2-16(14,15)11-10(13)9(12)8-6-4-3-5-7-8/h3-7H,2H2,1H3. The number of carbonyl (C=O) groups excluding carboxylic acids is 2. The maximum atomic E-state index is 11.4. The molecule has 0 aromatic heterocycles. The van der Waals surface area contributed by atoms with Gasteiger partial charge in [0, 0.05) is 5.56 Å². The SMILES string of the molecule is CCS(=O)(=O)[N]C(=O)C(=O)c1ccccc1. The average molecular weight is 240 g/mol. The summed E-state index contributed by atoms with van der Waals surface area (Å²) < 4.78 is 24.9. The van der Waals surface area contributed by atoms with Crippen molar-refractivity contribution in [3.63, 3.8) is 0 Å². The Kier molecular flexibility index (Phi) is 3.78. The second-order valence-electron chi connectivity index (χ2n) is 2.96. The molecule has 0 saturated heterocycles. The first kappa shape index (κ1) is 12.4. The van der Waals surface area contributed by atoms with Gasteiger partial charge in [0.25, 0.3) is 15.8 Å². The highest BCUT2D eigenvalue weighted by atomic mass is 32.2. The van der Waals surface area contributed by atoms with Crippen LogP contribution < -0.4 is 4.72 Å². The lowest BCUT2D eigenvalue weighted by atomic mass is 10.1. The quantitative estimate of drug-likeness (QED) is 0.561. The van der Waals surface area contributed by atoms with Crippen LogP contribution in [0.2, 0.25) is 0 Å². The molecule has 0 N–H and O–H groups in total. The summed E-state index contributed by atoms with van der Waals surface area (Å²) in [6, 6.07) is 7.69. The number of ketones is 1. The fourth-order valence-electron chi connectivity index (χ4n) is 0.945. The van der Waals surface area contributed by atoms with E-state index in [1.54, 1.807) is 18.2 Å².